The van der Waals surface area contributed by atoms with Crippen LogP contribution >= 0.6 is 0 Å². The molecule has 0 saturated carbocycles. The monoisotopic (exact) mass is 298 g/mol. The van der Waals surface area contributed by atoms with Gasteiger partial charge in [-0.25, -0.2) is 4.98 Å². The van der Waals surface area contributed by atoms with Gasteiger partial charge in [-0.2, -0.15) is 18.2 Å². The summed E-state index contributed by atoms with van der Waals surface area (Å²) in [5.41, 5.74) is 5.61. The van der Waals surface area contributed by atoms with Crippen LogP contribution in [0, 0.1) is 6.92 Å². The third kappa shape index (κ3) is 3.53. The van der Waals surface area contributed by atoms with E-state index in [2.05, 4.69) is 15.3 Å². The molecular weight excluding hydrogens is 285 g/mol. The lowest BCUT2D eigenvalue weighted by molar-refractivity contribution is -0.141. The molecule has 1 aromatic heterocycles. The fourth-order valence-electron chi connectivity index (χ4n) is 1.72. The second kappa shape index (κ2) is 5.47. The highest BCUT2D eigenvalue weighted by Gasteiger charge is 2.33. The molecule has 0 spiro atoms. The number of hydrogen-bond donors (Lipinski definition) is 2. The lowest BCUT2D eigenvalue weighted by atomic mass is 10.2. The van der Waals surface area contributed by atoms with Crippen molar-refractivity contribution in [2.75, 3.05) is 18.2 Å². The first-order valence-electron chi connectivity index (χ1n) is 5.93. The molecule has 0 unspecified atom stereocenters. The zero-order valence-corrected chi connectivity index (χ0v) is 11.3. The maximum atomic E-state index is 12.7. The lowest BCUT2D eigenvalue weighted by Crippen LogP contribution is -2.12. The molecule has 0 amide bonds. The van der Waals surface area contributed by atoms with Gasteiger partial charge in [0.2, 0.25) is 5.95 Å². The fraction of sp³-hybridized carbons (Fsp3) is 0.231. The van der Waals surface area contributed by atoms with Crippen molar-refractivity contribution in [3.63, 3.8) is 0 Å². The van der Waals surface area contributed by atoms with Gasteiger partial charge in [-0.15, -0.1) is 0 Å². The smallest absolute Gasteiger partial charge is 0.433 e. The van der Waals surface area contributed by atoms with Crippen LogP contribution in [0.2, 0.25) is 0 Å². The summed E-state index contributed by atoms with van der Waals surface area (Å²) in [6.07, 6.45) is -4.58. The number of alkyl halides is 3. The molecule has 2 aromatic rings. The topological polar surface area (TPSA) is 73.1 Å². The normalized spacial score (nSPS) is 11.3. The molecule has 0 fully saturated rings. The van der Waals surface area contributed by atoms with E-state index in [0.29, 0.717) is 11.4 Å². The number of hydrogen-bond acceptors (Lipinski definition) is 5. The van der Waals surface area contributed by atoms with Crippen LogP contribution in [-0.4, -0.2) is 17.1 Å². The Kier molecular flexibility index (Phi) is 3.88. The molecule has 1 heterocycles. The van der Waals surface area contributed by atoms with Crippen molar-refractivity contribution in [3.05, 3.63) is 35.5 Å². The van der Waals surface area contributed by atoms with Crippen molar-refractivity contribution in [1.29, 1.82) is 0 Å². The third-order valence-corrected chi connectivity index (χ3v) is 2.73. The second-order valence-electron chi connectivity index (χ2n) is 4.30. The molecule has 0 radical (unpaired) electrons. The van der Waals surface area contributed by atoms with E-state index in [1.165, 1.54) is 7.11 Å². The van der Waals surface area contributed by atoms with Crippen LogP contribution in [0.4, 0.5) is 30.6 Å². The van der Waals surface area contributed by atoms with E-state index in [-0.39, 0.29) is 5.82 Å². The quantitative estimate of drug-likeness (QED) is 0.910. The minimum absolute atomic E-state index is 0.0249. The largest absolute Gasteiger partial charge is 0.497 e. The average molecular weight is 298 g/mol. The Morgan fingerprint density at radius 1 is 1.19 bits per heavy atom. The Bertz CT molecular complexity index is 658. The van der Waals surface area contributed by atoms with Crippen LogP contribution in [0.25, 0.3) is 0 Å². The Morgan fingerprint density at radius 3 is 2.48 bits per heavy atom. The van der Waals surface area contributed by atoms with Crippen molar-refractivity contribution in [3.8, 4) is 5.75 Å². The SMILES string of the molecule is COc1ccc(Nc2cc(C(F)(F)F)nc(N)n2)c(C)c1. The summed E-state index contributed by atoms with van der Waals surface area (Å²) in [6.45, 7) is 1.79. The summed E-state index contributed by atoms with van der Waals surface area (Å²) in [6, 6.07) is 5.92. The van der Waals surface area contributed by atoms with Gasteiger partial charge < -0.3 is 15.8 Å². The van der Waals surface area contributed by atoms with E-state index < -0.39 is 17.8 Å². The summed E-state index contributed by atoms with van der Waals surface area (Å²) in [7, 11) is 1.53. The summed E-state index contributed by atoms with van der Waals surface area (Å²) in [5, 5.41) is 2.79. The van der Waals surface area contributed by atoms with Crippen molar-refractivity contribution in [2.24, 2.45) is 0 Å². The van der Waals surface area contributed by atoms with E-state index in [0.717, 1.165) is 11.6 Å². The fourth-order valence-corrected chi connectivity index (χ4v) is 1.72. The zero-order valence-electron chi connectivity index (χ0n) is 11.3. The van der Waals surface area contributed by atoms with Gasteiger partial charge in [0.15, 0.2) is 5.69 Å². The van der Waals surface area contributed by atoms with Gasteiger partial charge in [-0.05, 0) is 30.7 Å². The number of aromatic nitrogens is 2. The number of nitrogen functional groups attached to an aromatic ring is 1. The Labute approximate surface area is 119 Å². The molecule has 0 saturated heterocycles. The maximum absolute atomic E-state index is 12.7. The number of nitrogens with zero attached hydrogens (tertiary/aromatic N) is 2. The number of halogens is 3. The molecular formula is C13H13F3N4O. The van der Waals surface area contributed by atoms with E-state index in [1.54, 1.807) is 25.1 Å². The van der Waals surface area contributed by atoms with Crippen LogP contribution in [0.5, 0.6) is 5.75 Å². The van der Waals surface area contributed by atoms with Crippen molar-refractivity contribution in [1.82, 2.24) is 9.97 Å². The van der Waals surface area contributed by atoms with Gasteiger partial charge in [0.25, 0.3) is 0 Å². The summed E-state index contributed by atoms with van der Waals surface area (Å²) in [4.78, 5) is 6.93. The number of benzene rings is 1. The van der Waals surface area contributed by atoms with Gasteiger partial charge in [-0.3, -0.25) is 0 Å². The van der Waals surface area contributed by atoms with Gasteiger partial charge in [0.05, 0.1) is 7.11 Å². The van der Waals surface area contributed by atoms with Gasteiger partial charge >= 0.3 is 6.18 Å². The number of ether oxygens (including phenoxy) is 1. The summed E-state index contributed by atoms with van der Waals surface area (Å²) in [5.74, 6) is 0.179. The van der Waals surface area contributed by atoms with E-state index in [1.807, 2.05) is 0 Å². The Morgan fingerprint density at radius 2 is 1.90 bits per heavy atom. The molecule has 5 nitrogen and oxygen atoms in total. The predicted octanol–water partition coefficient (Wildman–Crippen LogP) is 3.14. The van der Waals surface area contributed by atoms with Crippen LogP contribution in [-0.2, 0) is 6.18 Å². The number of methoxy groups -OCH3 is 1. The highest BCUT2D eigenvalue weighted by Crippen LogP contribution is 2.30. The van der Waals surface area contributed by atoms with Crippen molar-refractivity contribution < 1.29 is 17.9 Å². The summed E-state index contributed by atoms with van der Waals surface area (Å²) < 4.78 is 43.1. The number of nitrogens with one attached hydrogen (secondary N) is 1. The zero-order chi connectivity index (χ0) is 15.6. The first-order valence-corrected chi connectivity index (χ1v) is 5.93. The first kappa shape index (κ1) is 14.9. The highest BCUT2D eigenvalue weighted by molar-refractivity contribution is 5.62. The molecule has 3 N–H and O–H groups in total. The minimum atomic E-state index is -4.58. The van der Waals surface area contributed by atoms with Crippen molar-refractivity contribution in [2.45, 2.75) is 13.1 Å². The molecule has 0 aliphatic heterocycles. The standard InChI is InChI=1S/C13H13F3N4O/c1-7-5-8(21-2)3-4-9(7)18-11-6-10(13(14,15)16)19-12(17)20-11/h3-6H,1-2H3,(H3,17,18,19,20). The molecule has 0 bridgehead atoms. The molecule has 0 aliphatic rings. The molecule has 0 aliphatic carbocycles. The van der Waals surface area contributed by atoms with Gasteiger partial charge in [0.1, 0.15) is 11.6 Å². The molecule has 1 aromatic carbocycles. The van der Waals surface area contributed by atoms with Crippen LogP contribution in [0.15, 0.2) is 24.3 Å². The number of nitrogens with two attached hydrogens (primary N) is 1. The van der Waals surface area contributed by atoms with Crippen LogP contribution in [0.3, 0.4) is 0 Å². The minimum Gasteiger partial charge on any atom is -0.497 e. The average Bonchev–Trinajstić information content (AvgIpc) is 2.39. The second-order valence-corrected chi connectivity index (χ2v) is 4.30. The number of rotatable bonds is 3. The van der Waals surface area contributed by atoms with Crippen LogP contribution in [0.1, 0.15) is 11.3 Å². The van der Waals surface area contributed by atoms with Gasteiger partial charge in [-0.1, -0.05) is 0 Å². The predicted molar refractivity (Wildman–Crippen MR) is 72.5 cm³/mol. The summed E-state index contributed by atoms with van der Waals surface area (Å²) >= 11 is 0. The number of aryl methyl sites for hydroxylation is 1. The van der Waals surface area contributed by atoms with Crippen molar-refractivity contribution >= 4 is 17.5 Å². The van der Waals surface area contributed by atoms with Crippen LogP contribution < -0.4 is 15.8 Å². The highest BCUT2D eigenvalue weighted by atomic mass is 19.4. The molecule has 0 atom stereocenters. The molecule has 112 valence electrons. The molecule has 21 heavy (non-hydrogen) atoms. The van der Waals surface area contributed by atoms with Gasteiger partial charge in [0, 0.05) is 11.8 Å². The first-order chi connectivity index (χ1) is 9.79. The van der Waals surface area contributed by atoms with E-state index in [9.17, 15) is 13.2 Å². The molecule has 8 heteroatoms. The molecule has 2 rings (SSSR count). The number of anilines is 3. The Hall–Kier alpha value is -2.51. The maximum Gasteiger partial charge on any atom is 0.433 e. The van der Waals surface area contributed by atoms with E-state index >= 15 is 0 Å². The third-order valence-electron chi connectivity index (χ3n) is 2.73. The Balaban J connectivity index is 2.33. The lowest BCUT2D eigenvalue weighted by Gasteiger charge is -2.12. The van der Waals surface area contributed by atoms with E-state index in [4.69, 9.17) is 10.5 Å².